The maximum atomic E-state index is 12.9. The third-order valence-electron chi connectivity index (χ3n) is 12.6. The summed E-state index contributed by atoms with van der Waals surface area (Å²) >= 11 is 0. The summed E-state index contributed by atoms with van der Waals surface area (Å²) in [6, 6.07) is 0. The molecule has 0 saturated carbocycles. The first-order valence-electron chi connectivity index (χ1n) is 26.9. The summed E-state index contributed by atoms with van der Waals surface area (Å²) in [7, 11) is -5.06. The molecule has 1 heterocycles. The minimum absolute atomic E-state index is 0.0390. The van der Waals surface area contributed by atoms with Gasteiger partial charge in [-0.2, -0.15) is 8.42 Å². The first kappa shape index (κ1) is 61.9. The summed E-state index contributed by atoms with van der Waals surface area (Å²) in [5.74, 6) is -0.402. The van der Waals surface area contributed by atoms with Gasteiger partial charge in [0.1, 0.15) is 30.5 Å². The topological polar surface area (TPSA) is 178 Å². The lowest BCUT2D eigenvalue weighted by Gasteiger charge is -2.41. The molecule has 13 heteroatoms. The Hall–Kier alpha value is -1.16. The maximum absolute atomic E-state index is 12.9. The molecule has 0 aromatic rings. The molecule has 0 aromatic heterocycles. The quantitative estimate of drug-likeness (QED) is 0.0197. The van der Waals surface area contributed by atoms with E-state index < -0.39 is 59.8 Å². The molecule has 1 fully saturated rings. The molecule has 0 radical (unpaired) electrons. The molecule has 1 aliphatic rings. The highest BCUT2D eigenvalue weighted by Gasteiger charge is 2.48. The SMILES string of the molecule is CCCCCCCCC/C=C\CCCCCCCC(=O)OC(COCCCCCCCCCCCCCCCCCCCCCCCC)COC1OC(CO)C(O)C(OS(=O)(=O)O)C1O. The zero-order valence-corrected chi connectivity index (χ0v) is 42.4. The van der Waals surface area contributed by atoms with Crippen LogP contribution in [-0.4, -0.2) is 97.5 Å². The van der Waals surface area contributed by atoms with Gasteiger partial charge in [0.2, 0.25) is 0 Å². The van der Waals surface area contributed by atoms with E-state index in [4.69, 9.17) is 18.9 Å². The van der Waals surface area contributed by atoms with E-state index in [1.807, 2.05) is 0 Å². The number of hydrogen-bond acceptors (Lipinski definition) is 11. The van der Waals surface area contributed by atoms with Gasteiger partial charge in [0.25, 0.3) is 0 Å². The van der Waals surface area contributed by atoms with Gasteiger partial charge >= 0.3 is 16.4 Å². The zero-order chi connectivity index (χ0) is 47.5. The Bertz CT molecular complexity index is 1190. The number of hydrogen-bond donors (Lipinski definition) is 4. The Kier molecular flexibility index (Phi) is 41.9. The fraction of sp³-hybridized carbons (Fsp3) is 0.942. The summed E-state index contributed by atoms with van der Waals surface area (Å²) < 4.78 is 59.3. The summed E-state index contributed by atoms with van der Waals surface area (Å²) in [5.41, 5.74) is 0. The molecule has 6 atom stereocenters. The van der Waals surface area contributed by atoms with E-state index in [0.717, 1.165) is 57.8 Å². The van der Waals surface area contributed by atoms with Gasteiger partial charge < -0.3 is 34.3 Å². The number of esters is 1. The fourth-order valence-corrected chi connectivity index (χ4v) is 9.06. The van der Waals surface area contributed by atoms with E-state index in [2.05, 4.69) is 30.2 Å². The van der Waals surface area contributed by atoms with Crippen LogP contribution in [0.25, 0.3) is 0 Å². The van der Waals surface area contributed by atoms with Crippen LogP contribution in [0, 0.1) is 0 Å². The van der Waals surface area contributed by atoms with E-state index in [1.165, 1.54) is 167 Å². The van der Waals surface area contributed by atoms with E-state index >= 15 is 0 Å². The number of aliphatic hydroxyl groups excluding tert-OH is 3. The second kappa shape index (κ2) is 44.1. The van der Waals surface area contributed by atoms with Gasteiger partial charge in [-0.1, -0.05) is 219 Å². The molecule has 0 amide bonds. The van der Waals surface area contributed by atoms with Gasteiger partial charge in [0.05, 0.1) is 19.8 Å². The Morgan fingerprint density at radius 3 is 1.38 bits per heavy atom. The largest absolute Gasteiger partial charge is 0.457 e. The predicted molar refractivity (Wildman–Crippen MR) is 262 cm³/mol. The van der Waals surface area contributed by atoms with Crippen LogP contribution in [0.3, 0.4) is 0 Å². The molecular formula is C52H100O12S. The van der Waals surface area contributed by atoms with Gasteiger partial charge in [-0.25, -0.2) is 4.18 Å². The van der Waals surface area contributed by atoms with E-state index in [1.54, 1.807) is 0 Å². The fourth-order valence-electron chi connectivity index (χ4n) is 8.55. The maximum Gasteiger partial charge on any atom is 0.397 e. The molecular weight excluding hydrogens is 849 g/mol. The molecule has 1 rings (SSSR count). The predicted octanol–water partition coefficient (Wildman–Crippen LogP) is 12.6. The van der Waals surface area contributed by atoms with Crippen molar-refractivity contribution in [2.45, 2.75) is 288 Å². The lowest BCUT2D eigenvalue weighted by molar-refractivity contribution is -0.301. The number of rotatable bonds is 48. The molecule has 12 nitrogen and oxygen atoms in total. The highest BCUT2D eigenvalue weighted by Crippen LogP contribution is 2.26. The standard InChI is InChI=1S/C52H100O12S/c1-3-5-7-9-11-13-15-17-19-21-22-23-24-25-26-28-30-32-34-36-38-40-42-60-44-46(45-61-52-50(56)51(64-65(57,58)59)49(55)47(43-53)63-52)62-48(54)41-39-37-35-33-31-29-27-20-18-16-14-12-10-8-6-4-2/h20,27,46-47,49-53,55-56H,3-19,21-26,28-45H2,1-2H3,(H,57,58,59)/b27-20-. The van der Waals surface area contributed by atoms with Crippen molar-refractivity contribution < 1.29 is 56.2 Å². The minimum atomic E-state index is -5.06. The van der Waals surface area contributed by atoms with Crippen molar-refractivity contribution in [3.63, 3.8) is 0 Å². The average Bonchev–Trinajstić information content (AvgIpc) is 3.28. The van der Waals surface area contributed by atoms with E-state index in [9.17, 15) is 33.1 Å². The van der Waals surface area contributed by atoms with Crippen LogP contribution in [0.1, 0.15) is 251 Å². The van der Waals surface area contributed by atoms with Gasteiger partial charge in [-0.05, 0) is 38.5 Å². The van der Waals surface area contributed by atoms with Crippen molar-refractivity contribution in [3.05, 3.63) is 12.2 Å². The van der Waals surface area contributed by atoms with Crippen molar-refractivity contribution >= 4 is 16.4 Å². The third kappa shape index (κ3) is 37.4. The molecule has 65 heavy (non-hydrogen) atoms. The van der Waals surface area contributed by atoms with Crippen molar-refractivity contribution in [2.24, 2.45) is 0 Å². The molecule has 1 aliphatic heterocycles. The second-order valence-electron chi connectivity index (χ2n) is 18.8. The lowest BCUT2D eigenvalue weighted by atomic mass is 9.99. The number of carbonyl (C=O) groups excluding carboxylic acids is 1. The monoisotopic (exact) mass is 949 g/mol. The third-order valence-corrected chi connectivity index (χ3v) is 13.1. The van der Waals surface area contributed by atoms with Crippen molar-refractivity contribution in [1.29, 1.82) is 0 Å². The molecule has 0 aromatic carbocycles. The van der Waals surface area contributed by atoms with Crippen LogP contribution >= 0.6 is 0 Å². The molecule has 0 spiro atoms. The Morgan fingerprint density at radius 2 is 0.969 bits per heavy atom. The molecule has 0 bridgehead atoms. The van der Waals surface area contributed by atoms with Gasteiger partial charge in [-0.3, -0.25) is 9.35 Å². The summed E-state index contributed by atoms with van der Waals surface area (Å²) in [6.07, 6.45) is 41.1. The van der Waals surface area contributed by atoms with Crippen molar-refractivity contribution in [2.75, 3.05) is 26.4 Å². The van der Waals surface area contributed by atoms with Crippen LogP contribution in [-0.2, 0) is 38.3 Å². The summed E-state index contributed by atoms with van der Waals surface area (Å²) in [5, 5.41) is 30.8. The number of allylic oxidation sites excluding steroid dienone is 2. The lowest BCUT2D eigenvalue weighted by Crippen LogP contribution is -2.60. The first-order chi connectivity index (χ1) is 31.6. The average molecular weight is 949 g/mol. The first-order valence-corrected chi connectivity index (χ1v) is 28.3. The van der Waals surface area contributed by atoms with Crippen LogP contribution in [0.5, 0.6) is 0 Å². The second-order valence-corrected chi connectivity index (χ2v) is 19.9. The van der Waals surface area contributed by atoms with Gasteiger partial charge in [-0.15, -0.1) is 0 Å². The number of aliphatic hydroxyl groups is 3. The van der Waals surface area contributed by atoms with Crippen molar-refractivity contribution in [1.82, 2.24) is 0 Å². The Balaban J connectivity index is 2.31. The summed E-state index contributed by atoms with van der Waals surface area (Å²) in [6.45, 7) is 4.03. The normalized spacial score (nSPS) is 19.6. The molecule has 0 aliphatic carbocycles. The Labute approximate surface area is 398 Å². The van der Waals surface area contributed by atoms with Gasteiger partial charge in [0, 0.05) is 13.0 Å². The number of unbranched alkanes of at least 4 members (excludes halogenated alkanes) is 33. The highest BCUT2D eigenvalue weighted by atomic mass is 32.3. The number of carbonyl (C=O) groups is 1. The molecule has 6 unspecified atom stereocenters. The number of ether oxygens (including phenoxy) is 4. The molecule has 386 valence electrons. The Morgan fingerprint density at radius 1 is 0.569 bits per heavy atom. The van der Waals surface area contributed by atoms with E-state index in [0.29, 0.717) is 13.0 Å². The summed E-state index contributed by atoms with van der Waals surface area (Å²) in [4.78, 5) is 12.9. The molecule has 4 N–H and O–H groups in total. The van der Waals surface area contributed by atoms with Crippen LogP contribution in [0.2, 0.25) is 0 Å². The van der Waals surface area contributed by atoms with Crippen molar-refractivity contribution in [3.8, 4) is 0 Å². The smallest absolute Gasteiger partial charge is 0.397 e. The molecule has 1 saturated heterocycles. The minimum Gasteiger partial charge on any atom is -0.457 e. The van der Waals surface area contributed by atoms with E-state index in [-0.39, 0.29) is 19.6 Å². The highest BCUT2D eigenvalue weighted by molar-refractivity contribution is 7.80. The van der Waals surface area contributed by atoms with Crippen LogP contribution < -0.4 is 0 Å². The van der Waals surface area contributed by atoms with Gasteiger partial charge in [0.15, 0.2) is 6.29 Å². The van der Waals surface area contributed by atoms with Crippen LogP contribution in [0.15, 0.2) is 12.2 Å². The zero-order valence-electron chi connectivity index (χ0n) is 41.6. The van der Waals surface area contributed by atoms with Crippen LogP contribution in [0.4, 0.5) is 0 Å².